The van der Waals surface area contributed by atoms with Crippen LogP contribution in [0, 0.1) is 23.7 Å². The maximum atomic E-state index is 11.2. The molecule has 0 spiro atoms. The van der Waals surface area contributed by atoms with E-state index in [2.05, 4.69) is 26.0 Å². The molecule has 158 valence electrons. The number of nitrogens with zero attached hydrogens (tertiary/aromatic N) is 1. The number of aliphatic imine (C=N–C) groups is 1. The summed E-state index contributed by atoms with van der Waals surface area (Å²) in [5, 5.41) is 11.2. The first kappa shape index (κ1) is 19.7. The van der Waals surface area contributed by atoms with Gasteiger partial charge in [-0.05, 0) is 73.5 Å². The lowest BCUT2D eigenvalue weighted by Crippen LogP contribution is -2.47. The molecule has 0 saturated heterocycles. The Bertz CT molecular complexity index is 919. The molecule has 4 aliphatic carbocycles. The summed E-state index contributed by atoms with van der Waals surface area (Å²) in [6.45, 7) is 4.30. The van der Waals surface area contributed by atoms with E-state index in [1.165, 1.54) is 32.1 Å². The van der Waals surface area contributed by atoms with Crippen molar-refractivity contribution in [2.75, 3.05) is 7.11 Å². The van der Waals surface area contributed by atoms with Crippen molar-refractivity contribution in [2.24, 2.45) is 28.7 Å². The normalized spacial score (nSPS) is 30.2. The Morgan fingerprint density at radius 1 is 0.967 bits per heavy atom. The minimum absolute atomic E-state index is 0.317. The van der Waals surface area contributed by atoms with Crippen LogP contribution in [0.2, 0.25) is 0 Å². The Kier molecular flexibility index (Phi) is 4.88. The highest BCUT2D eigenvalue weighted by Crippen LogP contribution is 2.54. The summed E-state index contributed by atoms with van der Waals surface area (Å²) in [7, 11) is 1.68. The zero-order valence-corrected chi connectivity index (χ0v) is 18.3. The molecule has 30 heavy (non-hydrogen) atoms. The van der Waals surface area contributed by atoms with Crippen LogP contribution in [0.25, 0.3) is 0 Å². The third-order valence-electron chi connectivity index (χ3n) is 8.08. The van der Waals surface area contributed by atoms with Gasteiger partial charge in [-0.3, -0.25) is 4.99 Å². The molecule has 0 radical (unpaired) electrons. The lowest BCUT2D eigenvalue weighted by Gasteiger charge is -2.53. The van der Waals surface area contributed by atoms with Gasteiger partial charge in [0.25, 0.3) is 0 Å². The summed E-state index contributed by atoms with van der Waals surface area (Å²) < 4.78 is 5.60. The zero-order valence-electron chi connectivity index (χ0n) is 18.3. The van der Waals surface area contributed by atoms with Crippen LogP contribution in [-0.2, 0) is 5.41 Å². The number of hydrogen-bond donors (Lipinski definition) is 1. The number of rotatable bonds is 5. The van der Waals surface area contributed by atoms with Gasteiger partial charge in [-0.1, -0.05) is 44.2 Å². The standard InChI is InChI=1S/C27H33NO2/c1-27(2,22-7-5-4-6-8-22)24-15-23(30-3)14-21(26(24)29)16-28-25-19-10-17-9-18(12-19)13-20(25)11-17/h4-8,14-20,25,29H,9-13H2,1-3H3. The Labute approximate surface area is 180 Å². The van der Waals surface area contributed by atoms with Gasteiger partial charge in [0, 0.05) is 22.8 Å². The Morgan fingerprint density at radius 2 is 1.60 bits per heavy atom. The number of aromatic hydroxyl groups is 1. The summed E-state index contributed by atoms with van der Waals surface area (Å²) in [6.07, 6.45) is 8.79. The van der Waals surface area contributed by atoms with Crippen molar-refractivity contribution in [1.82, 2.24) is 0 Å². The molecule has 0 unspecified atom stereocenters. The van der Waals surface area contributed by atoms with Gasteiger partial charge in [0.2, 0.25) is 0 Å². The molecule has 0 aromatic heterocycles. The molecule has 3 nitrogen and oxygen atoms in total. The van der Waals surface area contributed by atoms with Crippen LogP contribution < -0.4 is 4.74 Å². The van der Waals surface area contributed by atoms with Gasteiger partial charge in [-0.2, -0.15) is 0 Å². The second-order valence-corrected chi connectivity index (χ2v) is 10.3. The predicted octanol–water partition coefficient (Wildman–Crippen LogP) is 5.97. The van der Waals surface area contributed by atoms with Crippen LogP contribution in [0.5, 0.6) is 11.5 Å². The summed E-state index contributed by atoms with van der Waals surface area (Å²) in [6, 6.07) is 14.6. The maximum absolute atomic E-state index is 11.2. The number of phenols is 1. The summed E-state index contributed by atoms with van der Waals surface area (Å²) in [4.78, 5) is 5.08. The molecule has 4 bridgehead atoms. The Hall–Kier alpha value is -2.29. The molecular formula is C27H33NO2. The third-order valence-corrected chi connectivity index (χ3v) is 8.08. The highest BCUT2D eigenvalue weighted by Gasteiger charge is 2.48. The summed E-state index contributed by atoms with van der Waals surface area (Å²) in [5.74, 6) is 4.46. The van der Waals surface area contributed by atoms with Crippen molar-refractivity contribution in [2.45, 2.75) is 57.4 Å². The number of methoxy groups -OCH3 is 1. The van der Waals surface area contributed by atoms with E-state index in [9.17, 15) is 5.11 Å². The van der Waals surface area contributed by atoms with E-state index in [1.54, 1.807) is 7.11 Å². The average Bonchev–Trinajstić information content (AvgIpc) is 2.74. The summed E-state index contributed by atoms with van der Waals surface area (Å²) >= 11 is 0. The van der Waals surface area contributed by atoms with Gasteiger partial charge >= 0.3 is 0 Å². The SMILES string of the molecule is COc1cc(C=NC2C3CC4CC(C3)CC2C4)c(O)c(C(C)(C)c2ccccc2)c1. The Morgan fingerprint density at radius 3 is 2.20 bits per heavy atom. The van der Waals surface area contributed by atoms with Crippen LogP contribution in [0.3, 0.4) is 0 Å². The van der Waals surface area contributed by atoms with Gasteiger partial charge in [0.05, 0.1) is 13.2 Å². The fraction of sp³-hybridized carbons (Fsp3) is 0.519. The molecule has 1 N–H and O–H groups in total. The van der Waals surface area contributed by atoms with E-state index < -0.39 is 0 Å². The van der Waals surface area contributed by atoms with Crippen molar-refractivity contribution < 1.29 is 9.84 Å². The summed E-state index contributed by atoms with van der Waals surface area (Å²) in [5.41, 5.74) is 2.46. The molecule has 4 saturated carbocycles. The molecule has 6 rings (SSSR count). The molecule has 4 aliphatic rings. The van der Waals surface area contributed by atoms with E-state index in [0.29, 0.717) is 11.8 Å². The minimum atomic E-state index is -0.342. The topological polar surface area (TPSA) is 41.8 Å². The van der Waals surface area contributed by atoms with E-state index in [1.807, 2.05) is 36.5 Å². The third kappa shape index (κ3) is 3.33. The fourth-order valence-electron chi connectivity index (χ4n) is 6.64. The molecule has 0 heterocycles. The number of phenolic OH excluding ortho intramolecular Hbond substituents is 1. The molecular weight excluding hydrogens is 370 g/mol. The van der Waals surface area contributed by atoms with Crippen LogP contribution in [0.4, 0.5) is 0 Å². The fourth-order valence-corrected chi connectivity index (χ4v) is 6.64. The van der Waals surface area contributed by atoms with Crippen LogP contribution >= 0.6 is 0 Å². The number of ether oxygens (including phenoxy) is 1. The highest BCUT2D eigenvalue weighted by molar-refractivity contribution is 5.85. The molecule has 4 fully saturated rings. The van der Waals surface area contributed by atoms with Gasteiger partial charge < -0.3 is 9.84 Å². The number of benzene rings is 2. The molecule has 0 atom stereocenters. The lowest BCUT2D eigenvalue weighted by atomic mass is 9.54. The van der Waals surface area contributed by atoms with E-state index in [-0.39, 0.29) is 5.41 Å². The second-order valence-electron chi connectivity index (χ2n) is 10.3. The van der Waals surface area contributed by atoms with Crippen LogP contribution in [0.15, 0.2) is 47.5 Å². The monoisotopic (exact) mass is 403 g/mol. The van der Waals surface area contributed by atoms with Gasteiger partial charge in [-0.25, -0.2) is 0 Å². The van der Waals surface area contributed by atoms with Gasteiger partial charge in [0.15, 0.2) is 0 Å². The molecule has 3 heteroatoms. The van der Waals surface area contributed by atoms with Crippen LogP contribution in [-0.4, -0.2) is 24.5 Å². The van der Waals surface area contributed by atoms with Crippen molar-refractivity contribution >= 4 is 6.21 Å². The second kappa shape index (κ2) is 7.44. The van der Waals surface area contributed by atoms with Crippen molar-refractivity contribution in [3.63, 3.8) is 0 Å². The predicted molar refractivity (Wildman–Crippen MR) is 122 cm³/mol. The Balaban J connectivity index is 1.49. The maximum Gasteiger partial charge on any atom is 0.128 e. The van der Waals surface area contributed by atoms with Crippen molar-refractivity contribution in [3.8, 4) is 11.5 Å². The van der Waals surface area contributed by atoms with E-state index in [4.69, 9.17) is 9.73 Å². The zero-order chi connectivity index (χ0) is 20.9. The number of hydrogen-bond acceptors (Lipinski definition) is 3. The largest absolute Gasteiger partial charge is 0.507 e. The van der Waals surface area contributed by atoms with Gasteiger partial charge in [0.1, 0.15) is 11.5 Å². The highest BCUT2D eigenvalue weighted by atomic mass is 16.5. The average molecular weight is 404 g/mol. The van der Waals surface area contributed by atoms with E-state index in [0.717, 1.165) is 46.1 Å². The molecule has 2 aromatic rings. The molecule has 0 aliphatic heterocycles. The van der Waals surface area contributed by atoms with Crippen molar-refractivity contribution in [1.29, 1.82) is 0 Å². The quantitative estimate of drug-likeness (QED) is 0.625. The minimum Gasteiger partial charge on any atom is -0.507 e. The van der Waals surface area contributed by atoms with Gasteiger partial charge in [-0.15, -0.1) is 0 Å². The smallest absolute Gasteiger partial charge is 0.128 e. The van der Waals surface area contributed by atoms with Crippen molar-refractivity contribution in [3.05, 3.63) is 59.2 Å². The molecule has 0 amide bonds. The van der Waals surface area contributed by atoms with Crippen LogP contribution in [0.1, 0.15) is 62.6 Å². The first-order chi connectivity index (χ1) is 14.5. The first-order valence-electron chi connectivity index (χ1n) is 11.5. The van der Waals surface area contributed by atoms with E-state index >= 15 is 0 Å². The lowest BCUT2D eigenvalue weighted by molar-refractivity contribution is 0.00146. The molecule has 2 aromatic carbocycles. The first-order valence-corrected chi connectivity index (χ1v) is 11.5.